The van der Waals surface area contributed by atoms with Gasteiger partial charge in [0.05, 0.1) is 16.4 Å². The zero-order valence-corrected chi connectivity index (χ0v) is 36.2. The van der Waals surface area contributed by atoms with Gasteiger partial charge >= 0.3 is 6.85 Å². The Bertz CT molecular complexity index is 3450. The minimum absolute atomic E-state index is 0.0172. The van der Waals surface area contributed by atoms with Crippen molar-refractivity contribution >= 4 is 104 Å². The molecule has 0 unspecified atom stereocenters. The number of hydrogen-bond donors (Lipinski definition) is 0. The fourth-order valence-corrected chi connectivity index (χ4v) is 11.5. The molecule has 0 saturated heterocycles. The van der Waals surface area contributed by atoms with E-state index in [-0.39, 0.29) is 23.1 Å². The van der Waals surface area contributed by atoms with Gasteiger partial charge in [-0.15, -0.1) is 11.3 Å². The van der Waals surface area contributed by atoms with E-state index in [4.69, 9.17) is 4.42 Å². The van der Waals surface area contributed by atoms with Crippen LogP contribution in [0, 0.1) is 0 Å². The van der Waals surface area contributed by atoms with Crippen molar-refractivity contribution in [1.82, 2.24) is 4.57 Å². The molecule has 2 aliphatic heterocycles. The Morgan fingerprint density at radius 3 is 1.95 bits per heavy atom. The van der Waals surface area contributed by atoms with E-state index in [1.807, 2.05) is 11.3 Å². The molecule has 5 heteroatoms. The maximum absolute atomic E-state index is 7.17. The van der Waals surface area contributed by atoms with Crippen LogP contribution in [0.2, 0.25) is 0 Å². The molecule has 0 atom stereocenters. The van der Waals surface area contributed by atoms with Crippen molar-refractivity contribution in [3.8, 4) is 16.8 Å². The molecule has 59 heavy (non-hydrogen) atoms. The lowest BCUT2D eigenvalue weighted by molar-refractivity contribution is 0.590. The largest absolute Gasteiger partial charge is 0.455 e. The Morgan fingerprint density at radius 1 is 0.542 bits per heavy atom. The van der Waals surface area contributed by atoms with Gasteiger partial charge in [-0.1, -0.05) is 129 Å². The molecule has 2 aliphatic rings. The number of hydrogen-bond acceptors (Lipinski definition) is 3. The maximum Gasteiger partial charge on any atom is 0.333 e. The predicted octanol–water partition coefficient (Wildman–Crippen LogP) is 14.2. The lowest BCUT2D eigenvalue weighted by Crippen LogP contribution is -2.60. The van der Waals surface area contributed by atoms with Crippen LogP contribution < -0.4 is 15.7 Å². The number of anilines is 2. The fourth-order valence-electron chi connectivity index (χ4n) is 10.3. The van der Waals surface area contributed by atoms with Gasteiger partial charge < -0.3 is 13.8 Å². The molecule has 0 N–H and O–H groups in total. The van der Waals surface area contributed by atoms with Gasteiger partial charge in [0.15, 0.2) is 0 Å². The molecule has 0 radical (unpaired) electrons. The lowest BCUT2D eigenvalue weighted by atomic mass is 9.43. The first kappa shape index (κ1) is 35.2. The molecule has 0 aliphatic carbocycles. The van der Waals surface area contributed by atoms with Crippen molar-refractivity contribution in [2.75, 3.05) is 4.81 Å². The van der Waals surface area contributed by atoms with Crippen LogP contribution in [0.1, 0.15) is 79.0 Å². The van der Waals surface area contributed by atoms with Crippen LogP contribution >= 0.6 is 11.3 Å². The quantitative estimate of drug-likeness (QED) is 0.155. The van der Waals surface area contributed by atoms with Gasteiger partial charge in [0.1, 0.15) is 11.2 Å². The van der Waals surface area contributed by atoms with Gasteiger partial charge in [0.2, 0.25) is 0 Å². The molecule has 0 spiro atoms. The summed E-state index contributed by atoms with van der Waals surface area (Å²) in [5.41, 5.74) is 17.3. The summed E-state index contributed by atoms with van der Waals surface area (Å²) in [7, 11) is 0. The summed E-state index contributed by atoms with van der Waals surface area (Å²) in [6.45, 7) is 20.8. The standard InChI is InChI=1S/C54H47BN2OS/c1-52(2,3)30-18-22-33(23-19-30)57-42-28-36-34-14-11-13-17-44(34)59-45(36)29-38(42)46-47-35-15-10-12-16-43(35)58-51(47)48-37-26-31(53(4,5)6)20-24-40(37)56-41-25-21-32(54(7,8)9)27-39(41)55(57)49(46)50(48)56/h10-29H,1-9H3. The van der Waals surface area contributed by atoms with Gasteiger partial charge in [-0.3, -0.25) is 0 Å². The van der Waals surface area contributed by atoms with Gasteiger partial charge in [0.25, 0.3) is 0 Å². The van der Waals surface area contributed by atoms with E-state index in [1.54, 1.807) is 0 Å². The molecule has 0 amide bonds. The summed E-state index contributed by atoms with van der Waals surface area (Å²) in [5, 5.41) is 7.46. The number of para-hydroxylation sites is 1. The molecule has 288 valence electrons. The second-order valence-corrected chi connectivity index (χ2v) is 21.3. The van der Waals surface area contributed by atoms with Crippen molar-refractivity contribution in [3.63, 3.8) is 0 Å². The minimum atomic E-state index is -0.0999. The highest BCUT2D eigenvalue weighted by atomic mass is 32.1. The first-order chi connectivity index (χ1) is 28.2. The zero-order chi connectivity index (χ0) is 40.5. The van der Waals surface area contributed by atoms with Crippen LogP contribution in [0.5, 0.6) is 0 Å². The highest BCUT2D eigenvalue weighted by Crippen LogP contribution is 2.53. The summed E-state index contributed by atoms with van der Waals surface area (Å²) in [5.74, 6) is 0. The van der Waals surface area contributed by atoms with Crippen LogP contribution in [-0.4, -0.2) is 11.4 Å². The fraction of sp³-hybridized carbons (Fsp3) is 0.222. The van der Waals surface area contributed by atoms with E-state index in [0.717, 1.165) is 11.2 Å². The second kappa shape index (κ2) is 11.5. The Kier molecular flexibility index (Phi) is 6.85. The zero-order valence-electron chi connectivity index (χ0n) is 35.3. The molecule has 10 aromatic rings. The van der Waals surface area contributed by atoms with Crippen molar-refractivity contribution in [2.45, 2.75) is 78.6 Å². The van der Waals surface area contributed by atoms with Crippen molar-refractivity contribution in [3.05, 3.63) is 138 Å². The average molecular weight is 783 g/mol. The van der Waals surface area contributed by atoms with Crippen LogP contribution in [0.4, 0.5) is 11.4 Å². The molecule has 0 fully saturated rings. The van der Waals surface area contributed by atoms with E-state index in [1.165, 1.54) is 109 Å². The first-order valence-corrected chi connectivity index (χ1v) is 21.9. The van der Waals surface area contributed by atoms with E-state index < -0.39 is 0 Å². The van der Waals surface area contributed by atoms with E-state index in [9.17, 15) is 0 Å². The monoisotopic (exact) mass is 782 g/mol. The van der Waals surface area contributed by atoms with Gasteiger partial charge in [-0.25, -0.2) is 0 Å². The molecule has 7 aromatic carbocycles. The number of aromatic nitrogens is 1. The summed E-state index contributed by atoms with van der Waals surface area (Å²) in [6, 6.07) is 46.6. The van der Waals surface area contributed by atoms with Crippen molar-refractivity contribution in [2.24, 2.45) is 0 Å². The molecule has 3 nitrogen and oxygen atoms in total. The number of furan rings is 1. The SMILES string of the molecule is CC(C)(C)c1ccc(N2B3c4cc(C(C)(C)C)ccc4-n4c5ccc(C(C)(C)C)cc5c5c6oc7ccccc7c6c(c3c54)-c3cc4sc5ccccc5c4cc32)cc1. The smallest absolute Gasteiger partial charge is 0.333 e. The Morgan fingerprint density at radius 2 is 1.20 bits per heavy atom. The molecule has 12 rings (SSSR count). The average Bonchev–Trinajstić information content (AvgIpc) is 3.88. The van der Waals surface area contributed by atoms with Gasteiger partial charge in [-0.2, -0.15) is 0 Å². The van der Waals surface area contributed by atoms with Crippen LogP contribution in [0.25, 0.3) is 80.7 Å². The summed E-state index contributed by atoms with van der Waals surface area (Å²) >= 11 is 1.90. The molecule has 3 aromatic heterocycles. The maximum atomic E-state index is 7.17. The third-order valence-corrected chi connectivity index (χ3v) is 14.6. The second-order valence-electron chi connectivity index (χ2n) is 20.2. The predicted molar refractivity (Wildman–Crippen MR) is 256 cm³/mol. The van der Waals surface area contributed by atoms with E-state index in [0.29, 0.717) is 0 Å². The first-order valence-electron chi connectivity index (χ1n) is 21.1. The van der Waals surface area contributed by atoms with Gasteiger partial charge in [-0.05, 0) is 104 Å². The van der Waals surface area contributed by atoms with E-state index >= 15 is 0 Å². The summed E-state index contributed by atoms with van der Waals surface area (Å²) in [6.07, 6.45) is 0. The Balaban J connectivity index is 1.34. The third-order valence-electron chi connectivity index (χ3n) is 13.4. The highest BCUT2D eigenvalue weighted by Gasteiger charge is 2.46. The molecular weight excluding hydrogens is 735 g/mol. The number of thiophene rings is 1. The van der Waals surface area contributed by atoms with Crippen LogP contribution in [-0.2, 0) is 16.2 Å². The Hall–Kier alpha value is -5.78. The minimum Gasteiger partial charge on any atom is -0.455 e. The van der Waals surface area contributed by atoms with E-state index in [2.05, 4.69) is 193 Å². The van der Waals surface area contributed by atoms with Gasteiger partial charge in [0, 0.05) is 59.0 Å². The van der Waals surface area contributed by atoms with Crippen molar-refractivity contribution < 1.29 is 4.42 Å². The number of benzene rings is 7. The molecular formula is C54H47BN2OS. The highest BCUT2D eigenvalue weighted by molar-refractivity contribution is 7.25. The molecule has 0 bridgehead atoms. The molecule has 5 heterocycles. The third kappa shape index (κ3) is 4.77. The molecule has 0 saturated carbocycles. The normalized spacial score (nSPS) is 14.1. The summed E-state index contributed by atoms with van der Waals surface area (Å²) in [4.78, 5) is 2.69. The van der Waals surface area contributed by atoms with Crippen LogP contribution in [0.15, 0.2) is 126 Å². The topological polar surface area (TPSA) is 21.3 Å². The van der Waals surface area contributed by atoms with Crippen molar-refractivity contribution in [1.29, 1.82) is 0 Å². The Labute approximate surface area is 350 Å². The number of rotatable bonds is 1. The van der Waals surface area contributed by atoms with Crippen LogP contribution in [0.3, 0.4) is 0 Å². The number of fused-ring (bicyclic) bond motifs is 16. The number of nitrogens with zero attached hydrogens (tertiary/aromatic N) is 2. The lowest BCUT2D eigenvalue weighted by Gasteiger charge is -2.42. The summed E-state index contributed by atoms with van der Waals surface area (Å²) < 4.78 is 12.4.